The van der Waals surface area contributed by atoms with Gasteiger partial charge in [-0.3, -0.25) is 14.6 Å². The number of rotatable bonds is 5. The lowest BCUT2D eigenvalue weighted by Gasteiger charge is -2.23. The van der Waals surface area contributed by atoms with Gasteiger partial charge in [0.1, 0.15) is 0 Å². The van der Waals surface area contributed by atoms with Gasteiger partial charge in [-0.2, -0.15) is 0 Å². The highest BCUT2D eigenvalue weighted by molar-refractivity contribution is 6.33. The number of carboxylic acids is 1. The SMILES string of the molecule is CCC(C)(CNC(=O)c1ccncc1Cl)C(=O)O. The quantitative estimate of drug-likeness (QED) is 0.857. The first-order valence-corrected chi connectivity index (χ1v) is 5.89. The zero-order valence-electron chi connectivity index (χ0n) is 10.2. The molecule has 0 aliphatic rings. The van der Waals surface area contributed by atoms with Crippen molar-refractivity contribution in [3.8, 4) is 0 Å². The third-order valence-electron chi connectivity index (χ3n) is 2.95. The molecule has 0 saturated carbocycles. The third-order valence-corrected chi connectivity index (χ3v) is 3.25. The summed E-state index contributed by atoms with van der Waals surface area (Å²) in [6.45, 7) is 3.40. The number of amides is 1. The van der Waals surface area contributed by atoms with E-state index in [1.54, 1.807) is 13.8 Å². The van der Waals surface area contributed by atoms with E-state index >= 15 is 0 Å². The first-order chi connectivity index (χ1) is 8.40. The average molecular weight is 271 g/mol. The molecule has 1 unspecified atom stereocenters. The molecular formula is C12H15ClN2O3. The summed E-state index contributed by atoms with van der Waals surface area (Å²) in [6.07, 6.45) is 3.25. The Hall–Kier alpha value is -1.62. The molecule has 0 aliphatic heterocycles. The van der Waals surface area contributed by atoms with Crippen molar-refractivity contribution in [2.45, 2.75) is 20.3 Å². The Kier molecular flexibility index (Phi) is 4.67. The van der Waals surface area contributed by atoms with E-state index in [4.69, 9.17) is 16.7 Å². The topological polar surface area (TPSA) is 79.3 Å². The van der Waals surface area contributed by atoms with Crippen LogP contribution in [0.1, 0.15) is 30.6 Å². The molecular weight excluding hydrogens is 256 g/mol. The summed E-state index contributed by atoms with van der Waals surface area (Å²) < 4.78 is 0. The highest BCUT2D eigenvalue weighted by Crippen LogP contribution is 2.20. The summed E-state index contributed by atoms with van der Waals surface area (Å²) >= 11 is 5.83. The van der Waals surface area contributed by atoms with E-state index in [-0.39, 0.29) is 17.1 Å². The predicted octanol–water partition coefficient (Wildman–Crippen LogP) is 1.97. The second kappa shape index (κ2) is 5.82. The standard InChI is InChI=1S/C12H15ClN2O3/c1-3-12(2,11(17)18)7-15-10(16)8-4-5-14-6-9(8)13/h4-6H,3,7H2,1-2H3,(H,15,16)(H,17,18). The summed E-state index contributed by atoms with van der Waals surface area (Å²) in [5, 5.41) is 11.9. The number of aromatic nitrogens is 1. The number of carboxylic acid groups (broad SMARTS) is 1. The van der Waals surface area contributed by atoms with E-state index in [2.05, 4.69) is 10.3 Å². The Labute approximate surface area is 110 Å². The number of halogens is 1. The van der Waals surface area contributed by atoms with Crippen molar-refractivity contribution >= 4 is 23.5 Å². The zero-order chi connectivity index (χ0) is 13.8. The second-order valence-electron chi connectivity index (χ2n) is 4.26. The summed E-state index contributed by atoms with van der Waals surface area (Å²) in [5.74, 6) is -1.34. The van der Waals surface area contributed by atoms with Gasteiger partial charge in [-0.05, 0) is 19.4 Å². The van der Waals surface area contributed by atoms with Crippen molar-refractivity contribution < 1.29 is 14.7 Å². The molecule has 1 aromatic heterocycles. The lowest BCUT2D eigenvalue weighted by atomic mass is 9.87. The Morgan fingerprint density at radius 1 is 1.56 bits per heavy atom. The van der Waals surface area contributed by atoms with Crippen LogP contribution < -0.4 is 5.32 Å². The van der Waals surface area contributed by atoms with Crippen molar-refractivity contribution in [2.24, 2.45) is 5.41 Å². The molecule has 2 N–H and O–H groups in total. The molecule has 1 aromatic rings. The molecule has 0 spiro atoms. The largest absolute Gasteiger partial charge is 0.481 e. The maximum absolute atomic E-state index is 11.8. The average Bonchev–Trinajstić information content (AvgIpc) is 2.35. The molecule has 0 radical (unpaired) electrons. The van der Waals surface area contributed by atoms with Crippen LogP contribution >= 0.6 is 11.6 Å². The van der Waals surface area contributed by atoms with E-state index in [1.807, 2.05) is 0 Å². The van der Waals surface area contributed by atoms with Crippen LogP contribution in [0.3, 0.4) is 0 Å². The van der Waals surface area contributed by atoms with Crippen LogP contribution in [0.4, 0.5) is 0 Å². The van der Waals surface area contributed by atoms with Gasteiger partial charge in [0.2, 0.25) is 0 Å². The van der Waals surface area contributed by atoms with Crippen molar-refractivity contribution in [1.29, 1.82) is 0 Å². The van der Waals surface area contributed by atoms with Gasteiger partial charge in [0, 0.05) is 18.9 Å². The fourth-order valence-electron chi connectivity index (χ4n) is 1.28. The van der Waals surface area contributed by atoms with Gasteiger partial charge >= 0.3 is 5.97 Å². The van der Waals surface area contributed by atoms with Crippen molar-refractivity contribution in [3.63, 3.8) is 0 Å². The van der Waals surface area contributed by atoms with Gasteiger partial charge in [-0.15, -0.1) is 0 Å². The van der Waals surface area contributed by atoms with Gasteiger partial charge in [-0.1, -0.05) is 18.5 Å². The predicted molar refractivity (Wildman–Crippen MR) is 67.6 cm³/mol. The molecule has 98 valence electrons. The van der Waals surface area contributed by atoms with Gasteiger partial charge < -0.3 is 10.4 Å². The third kappa shape index (κ3) is 3.20. The molecule has 5 nitrogen and oxygen atoms in total. The lowest BCUT2D eigenvalue weighted by molar-refractivity contribution is -0.147. The molecule has 0 aromatic carbocycles. The molecule has 0 bridgehead atoms. The van der Waals surface area contributed by atoms with Crippen LogP contribution in [0.15, 0.2) is 18.5 Å². The minimum absolute atomic E-state index is 0.0519. The van der Waals surface area contributed by atoms with Gasteiger partial charge in [0.25, 0.3) is 5.91 Å². The van der Waals surface area contributed by atoms with Crippen LogP contribution in [0.25, 0.3) is 0 Å². The highest BCUT2D eigenvalue weighted by Gasteiger charge is 2.31. The first kappa shape index (κ1) is 14.4. The van der Waals surface area contributed by atoms with Gasteiger partial charge in [-0.25, -0.2) is 0 Å². The zero-order valence-corrected chi connectivity index (χ0v) is 11.0. The van der Waals surface area contributed by atoms with Crippen molar-refractivity contribution in [3.05, 3.63) is 29.0 Å². The molecule has 1 atom stereocenters. The summed E-state index contributed by atoms with van der Waals surface area (Å²) in [4.78, 5) is 26.7. The molecule has 1 rings (SSSR count). The smallest absolute Gasteiger partial charge is 0.311 e. The number of carbonyl (C=O) groups excluding carboxylic acids is 1. The van der Waals surface area contributed by atoms with Crippen LogP contribution in [0.5, 0.6) is 0 Å². The minimum Gasteiger partial charge on any atom is -0.481 e. The number of aliphatic carboxylic acids is 1. The minimum atomic E-state index is -0.977. The van der Waals surface area contributed by atoms with Crippen molar-refractivity contribution in [2.75, 3.05) is 6.54 Å². The normalized spacial score (nSPS) is 13.7. The number of carbonyl (C=O) groups is 2. The van der Waals surface area contributed by atoms with Crippen LogP contribution in [-0.2, 0) is 4.79 Å². The summed E-state index contributed by atoms with van der Waals surface area (Å²) in [5.41, 5.74) is -0.690. The number of nitrogens with one attached hydrogen (secondary N) is 1. The maximum atomic E-state index is 11.8. The summed E-state index contributed by atoms with van der Waals surface area (Å²) in [6, 6.07) is 1.49. The number of pyridine rings is 1. The fraction of sp³-hybridized carbons (Fsp3) is 0.417. The Balaban J connectivity index is 2.73. The second-order valence-corrected chi connectivity index (χ2v) is 4.66. The van der Waals surface area contributed by atoms with Crippen LogP contribution in [0, 0.1) is 5.41 Å². The number of nitrogens with zero attached hydrogens (tertiary/aromatic N) is 1. The Morgan fingerprint density at radius 3 is 2.72 bits per heavy atom. The molecule has 1 heterocycles. The Bertz CT molecular complexity index is 464. The van der Waals surface area contributed by atoms with E-state index in [1.165, 1.54) is 18.5 Å². The van der Waals surface area contributed by atoms with Crippen LogP contribution in [-0.4, -0.2) is 28.5 Å². The van der Waals surface area contributed by atoms with E-state index < -0.39 is 17.3 Å². The van der Waals surface area contributed by atoms with E-state index in [9.17, 15) is 9.59 Å². The number of hydrogen-bond acceptors (Lipinski definition) is 3. The van der Waals surface area contributed by atoms with Crippen molar-refractivity contribution in [1.82, 2.24) is 10.3 Å². The van der Waals surface area contributed by atoms with E-state index in [0.29, 0.717) is 6.42 Å². The lowest BCUT2D eigenvalue weighted by Crippen LogP contribution is -2.40. The molecule has 0 fully saturated rings. The fourth-order valence-corrected chi connectivity index (χ4v) is 1.49. The molecule has 0 aliphatic carbocycles. The maximum Gasteiger partial charge on any atom is 0.311 e. The van der Waals surface area contributed by atoms with Gasteiger partial charge in [0.15, 0.2) is 0 Å². The molecule has 1 amide bonds. The monoisotopic (exact) mass is 270 g/mol. The highest BCUT2D eigenvalue weighted by atomic mass is 35.5. The Morgan fingerprint density at radius 2 is 2.22 bits per heavy atom. The molecule has 6 heteroatoms. The molecule has 0 saturated heterocycles. The van der Waals surface area contributed by atoms with E-state index in [0.717, 1.165) is 0 Å². The summed E-state index contributed by atoms with van der Waals surface area (Å²) in [7, 11) is 0. The number of hydrogen-bond donors (Lipinski definition) is 2. The van der Waals surface area contributed by atoms with Gasteiger partial charge in [0.05, 0.1) is 16.0 Å². The first-order valence-electron chi connectivity index (χ1n) is 5.52. The van der Waals surface area contributed by atoms with Crippen LogP contribution in [0.2, 0.25) is 5.02 Å². The molecule has 18 heavy (non-hydrogen) atoms.